The predicted molar refractivity (Wildman–Crippen MR) is 92.0 cm³/mol. The second-order valence-corrected chi connectivity index (χ2v) is 6.87. The Balaban J connectivity index is 1.74. The van der Waals surface area contributed by atoms with E-state index in [2.05, 4.69) is 5.10 Å². The highest BCUT2D eigenvalue weighted by molar-refractivity contribution is 5.97. The summed E-state index contributed by atoms with van der Waals surface area (Å²) in [5, 5.41) is 14.0. The van der Waals surface area contributed by atoms with Gasteiger partial charge in [-0.15, -0.1) is 0 Å². The zero-order chi connectivity index (χ0) is 17.6. The average Bonchev–Trinajstić information content (AvgIpc) is 3.31. The van der Waals surface area contributed by atoms with Gasteiger partial charge in [0.25, 0.3) is 5.91 Å². The van der Waals surface area contributed by atoms with E-state index in [1.165, 1.54) is 10.5 Å². The Hall–Kier alpha value is -2.63. The molecule has 1 aliphatic carbocycles. The Morgan fingerprint density at radius 2 is 1.92 bits per heavy atom. The van der Waals surface area contributed by atoms with E-state index in [-0.39, 0.29) is 5.91 Å². The zero-order valence-corrected chi connectivity index (χ0v) is 14.2. The molecule has 1 aliphatic heterocycles. The van der Waals surface area contributed by atoms with Gasteiger partial charge in [0, 0.05) is 17.8 Å². The van der Waals surface area contributed by atoms with Gasteiger partial charge < -0.3 is 10.0 Å². The van der Waals surface area contributed by atoms with Crippen molar-refractivity contribution in [2.45, 2.75) is 45.1 Å². The standard InChI is InChI=1S/C19H21N3O3/c1-12-7-9-13(10-8-12)22-15-5-2-4-14(15)17(20-22)18(23)21-11-3-6-16(21)19(24)25/h7-10,16H,2-6,11H2,1H3,(H,24,25). The quantitative estimate of drug-likeness (QED) is 0.931. The van der Waals surface area contributed by atoms with Crippen molar-refractivity contribution in [3.8, 4) is 5.69 Å². The first-order valence-electron chi connectivity index (χ1n) is 8.78. The van der Waals surface area contributed by atoms with Gasteiger partial charge in [0.1, 0.15) is 6.04 Å². The Morgan fingerprint density at radius 1 is 1.16 bits per heavy atom. The van der Waals surface area contributed by atoms with Crippen LogP contribution in [-0.4, -0.2) is 44.3 Å². The molecule has 2 heterocycles. The Morgan fingerprint density at radius 3 is 2.64 bits per heavy atom. The molecule has 6 heteroatoms. The van der Waals surface area contributed by atoms with E-state index < -0.39 is 12.0 Å². The van der Waals surface area contributed by atoms with Crippen molar-refractivity contribution in [2.24, 2.45) is 0 Å². The van der Waals surface area contributed by atoms with Crippen LogP contribution in [0.1, 0.15) is 46.6 Å². The molecule has 0 bridgehead atoms. The summed E-state index contributed by atoms with van der Waals surface area (Å²) in [5.74, 6) is -1.17. The first kappa shape index (κ1) is 15.9. The second kappa shape index (κ2) is 6.02. The number of fused-ring (bicyclic) bond motifs is 1. The molecule has 1 amide bonds. The minimum absolute atomic E-state index is 0.242. The van der Waals surface area contributed by atoms with E-state index in [0.29, 0.717) is 18.7 Å². The van der Waals surface area contributed by atoms with E-state index in [1.807, 2.05) is 35.9 Å². The molecule has 2 aromatic rings. The molecule has 1 aromatic carbocycles. The molecule has 2 aliphatic rings. The van der Waals surface area contributed by atoms with Crippen molar-refractivity contribution >= 4 is 11.9 Å². The highest BCUT2D eigenvalue weighted by Gasteiger charge is 2.37. The van der Waals surface area contributed by atoms with Gasteiger partial charge in [-0.1, -0.05) is 17.7 Å². The molecule has 130 valence electrons. The Labute approximate surface area is 146 Å². The zero-order valence-electron chi connectivity index (χ0n) is 14.2. The van der Waals surface area contributed by atoms with E-state index in [4.69, 9.17) is 0 Å². The fourth-order valence-corrected chi connectivity index (χ4v) is 3.91. The lowest BCUT2D eigenvalue weighted by Gasteiger charge is -2.20. The number of carboxylic acid groups (broad SMARTS) is 1. The number of carbonyl (C=O) groups excluding carboxylic acids is 1. The predicted octanol–water partition coefficient (Wildman–Crippen LogP) is 2.36. The van der Waals surface area contributed by atoms with Gasteiger partial charge in [0.05, 0.1) is 5.69 Å². The van der Waals surface area contributed by atoms with Gasteiger partial charge in [0.2, 0.25) is 0 Å². The van der Waals surface area contributed by atoms with Crippen LogP contribution in [0.5, 0.6) is 0 Å². The molecule has 6 nitrogen and oxygen atoms in total. The van der Waals surface area contributed by atoms with E-state index in [9.17, 15) is 14.7 Å². The van der Waals surface area contributed by atoms with Crippen molar-refractivity contribution in [1.82, 2.24) is 14.7 Å². The van der Waals surface area contributed by atoms with Crippen molar-refractivity contribution < 1.29 is 14.7 Å². The summed E-state index contributed by atoms with van der Waals surface area (Å²) in [7, 11) is 0. The van der Waals surface area contributed by atoms with Crippen LogP contribution in [0.2, 0.25) is 0 Å². The monoisotopic (exact) mass is 339 g/mol. The number of aryl methyl sites for hydroxylation is 1. The maximum atomic E-state index is 13.0. The normalized spacial score (nSPS) is 19.2. The number of aliphatic carboxylic acids is 1. The van der Waals surface area contributed by atoms with Crippen molar-refractivity contribution in [1.29, 1.82) is 0 Å². The largest absolute Gasteiger partial charge is 0.480 e. The van der Waals surface area contributed by atoms with Gasteiger partial charge in [-0.25, -0.2) is 9.48 Å². The second-order valence-electron chi connectivity index (χ2n) is 6.87. The summed E-state index contributed by atoms with van der Waals surface area (Å²) in [4.78, 5) is 25.9. The van der Waals surface area contributed by atoms with Crippen LogP contribution < -0.4 is 0 Å². The molecule has 0 radical (unpaired) electrons. The van der Waals surface area contributed by atoms with Gasteiger partial charge >= 0.3 is 5.97 Å². The molecule has 1 unspecified atom stereocenters. The minimum atomic E-state index is -0.930. The van der Waals surface area contributed by atoms with Crippen molar-refractivity contribution in [3.05, 3.63) is 46.8 Å². The first-order chi connectivity index (χ1) is 12.1. The third-order valence-electron chi connectivity index (χ3n) is 5.21. The number of carboxylic acids is 1. The van der Waals surface area contributed by atoms with Crippen LogP contribution in [0.25, 0.3) is 5.69 Å². The maximum absolute atomic E-state index is 13.0. The number of hydrogen-bond donors (Lipinski definition) is 1. The number of rotatable bonds is 3. The fraction of sp³-hybridized carbons (Fsp3) is 0.421. The lowest BCUT2D eigenvalue weighted by atomic mass is 10.1. The van der Waals surface area contributed by atoms with Gasteiger partial charge in [0.15, 0.2) is 5.69 Å². The molecule has 25 heavy (non-hydrogen) atoms. The van der Waals surface area contributed by atoms with E-state index in [1.54, 1.807) is 0 Å². The molecule has 4 rings (SSSR count). The molecular formula is C19H21N3O3. The number of likely N-dealkylation sites (tertiary alicyclic amines) is 1. The lowest BCUT2D eigenvalue weighted by Crippen LogP contribution is -2.40. The van der Waals surface area contributed by atoms with Crippen LogP contribution in [0, 0.1) is 6.92 Å². The van der Waals surface area contributed by atoms with Gasteiger partial charge in [-0.3, -0.25) is 4.79 Å². The summed E-state index contributed by atoms with van der Waals surface area (Å²) in [6.45, 7) is 2.52. The molecule has 1 saturated heterocycles. The van der Waals surface area contributed by atoms with E-state index >= 15 is 0 Å². The average molecular weight is 339 g/mol. The molecule has 1 aromatic heterocycles. The highest BCUT2D eigenvalue weighted by Crippen LogP contribution is 2.30. The molecule has 1 N–H and O–H groups in total. The SMILES string of the molecule is Cc1ccc(-n2nc(C(=O)N3CCCC3C(=O)O)c3c2CCC3)cc1. The fourth-order valence-electron chi connectivity index (χ4n) is 3.91. The summed E-state index contributed by atoms with van der Waals surface area (Å²) in [6, 6.07) is 7.34. The summed E-state index contributed by atoms with van der Waals surface area (Å²) < 4.78 is 1.86. The number of hydrogen-bond acceptors (Lipinski definition) is 3. The van der Waals surface area contributed by atoms with Gasteiger partial charge in [-0.05, 0) is 51.2 Å². The van der Waals surface area contributed by atoms with E-state index in [0.717, 1.165) is 42.6 Å². The number of carbonyl (C=O) groups is 2. The van der Waals surface area contributed by atoms with Crippen LogP contribution in [0.3, 0.4) is 0 Å². The van der Waals surface area contributed by atoms with Crippen molar-refractivity contribution in [2.75, 3.05) is 6.54 Å². The minimum Gasteiger partial charge on any atom is -0.480 e. The van der Waals surface area contributed by atoms with Crippen LogP contribution >= 0.6 is 0 Å². The third kappa shape index (κ3) is 2.62. The van der Waals surface area contributed by atoms with Crippen LogP contribution in [-0.2, 0) is 17.6 Å². The molecule has 1 fully saturated rings. The number of benzene rings is 1. The number of amides is 1. The topological polar surface area (TPSA) is 75.4 Å². The third-order valence-corrected chi connectivity index (χ3v) is 5.21. The Bertz CT molecular complexity index is 838. The number of aromatic nitrogens is 2. The Kier molecular flexibility index (Phi) is 3.82. The first-order valence-corrected chi connectivity index (χ1v) is 8.78. The molecule has 0 saturated carbocycles. The van der Waals surface area contributed by atoms with Crippen LogP contribution in [0.4, 0.5) is 0 Å². The maximum Gasteiger partial charge on any atom is 0.326 e. The van der Waals surface area contributed by atoms with Crippen LogP contribution in [0.15, 0.2) is 24.3 Å². The molecule has 0 spiro atoms. The van der Waals surface area contributed by atoms with Gasteiger partial charge in [-0.2, -0.15) is 5.10 Å². The smallest absolute Gasteiger partial charge is 0.326 e. The summed E-state index contributed by atoms with van der Waals surface area (Å²) >= 11 is 0. The summed E-state index contributed by atoms with van der Waals surface area (Å²) in [6.07, 6.45) is 3.97. The van der Waals surface area contributed by atoms with Crippen molar-refractivity contribution in [3.63, 3.8) is 0 Å². The molecule has 1 atom stereocenters. The molecular weight excluding hydrogens is 318 g/mol. The highest BCUT2D eigenvalue weighted by atomic mass is 16.4. The lowest BCUT2D eigenvalue weighted by molar-refractivity contribution is -0.141. The summed E-state index contributed by atoms with van der Waals surface area (Å²) in [5.41, 5.74) is 4.62. The number of nitrogens with zero attached hydrogens (tertiary/aromatic N) is 3.